The normalized spacial score (nSPS) is 10.8. The Hall–Kier alpha value is -0.480. The van der Waals surface area contributed by atoms with Gasteiger partial charge in [0.1, 0.15) is 10.2 Å². The maximum absolute atomic E-state index is 12.5. The summed E-state index contributed by atoms with van der Waals surface area (Å²) in [5.74, 6) is -1.18. The van der Waals surface area contributed by atoms with Gasteiger partial charge in [-0.1, -0.05) is 23.2 Å². The van der Waals surface area contributed by atoms with E-state index in [1.165, 1.54) is 0 Å². The highest BCUT2D eigenvalue weighted by Crippen LogP contribution is 2.29. The molecule has 0 atom stereocenters. The lowest BCUT2D eigenvalue weighted by molar-refractivity contribution is 0.151. The highest BCUT2D eigenvalue weighted by Gasteiger charge is 2.17. The van der Waals surface area contributed by atoms with Gasteiger partial charge in [0, 0.05) is 5.56 Å². The first kappa shape index (κ1) is 9.61. The molecule has 0 aliphatic carbocycles. The first-order valence-electron chi connectivity index (χ1n) is 2.82. The van der Waals surface area contributed by atoms with Gasteiger partial charge in [0.15, 0.2) is 0 Å². The van der Waals surface area contributed by atoms with E-state index >= 15 is 0 Å². The molecular formula is C6H2Cl2F3N. The van der Waals surface area contributed by atoms with Crippen LogP contribution in [-0.4, -0.2) is 4.98 Å². The minimum absolute atomic E-state index is 0.341. The number of pyridine rings is 1. The minimum atomic E-state index is -2.85. The fourth-order valence-corrected chi connectivity index (χ4v) is 1.02. The smallest absolute Gasteiger partial charge is 0.206 e. The van der Waals surface area contributed by atoms with Crippen LogP contribution in [0.4, 0.5) is 13.2 Å². The van der Waals surface area contributed by atoms with E-state index in [1.54, 1.807) is 0 Å². The minimum Gasteiger partial charge on any atom is -0.206 e. The highest BCUT2D eigenvalue weighted by atomic mass is 35.5. The zero-order chi connectivity index (χ0) is 9.30. The van der Waals surface area contributed by atoms with Gasteiger partial charge in [0.2, 0.25) is 5.95 Å². The van der Waals surface area contributed by atoms with Crippen LogP contribution >= 0.6 is 23.2 Å². The Morgan fingerprint density at radius 3 is 2.42 bits per heavy atom. The second-order valence-electron chi connectivity index (χ2n) is 1.94. The Morgan fingerprint density at radius 1 is 1.33 bits per heavy atom. The molecule has 1 aromatic heterocycles. The number of hydrogen-bond donors (Lipinski definition) is 0. The molecule has 1 aromatic rings. The number of rotatable bonds is 1. The van der Waals surface area contributed by atoms with Crippen LogP contribution in [0.2, 0.25) is 10.2 Å². The molecule has 0 saturated heterocycles. The van der Waals surface area contributed by atoms with Gasteiger partial charge in [-0.2, -0.15) is 4.39 Å². The van der Waals surface area contributed by atoms with E-state index in [9.17, 15) is 13.2 Å². The average molecular weight is 216 g/mol. The Morgan fingerprint density at radius 2 is 1.92 bits per heavy atom. The second-order valence-corrected chi connectivity index (χ2v) is 2.70. The molecule has 0 amide bonds. The van der Waals surface area contributed by atoms with Crippen molar-refractivity contribution in [2.24, 2.45) is 0 Å². The van der Waals surface area contributed by atoms with Crippen molar-refractivity contribution in [3.63, 3.8) is 0 Å². The zero-order valence-electron chi connectivity index (χ0n) is 5.49. The summed E-state index contributed by atoms with van der Waals surface area (Å²) < 4.78 is 36.6. The zero-order valence-corrected chi connectivity index (χ0v) is 7.00. The summed E-state index contributed by atoms with van der Waals surface area (Å²) in [4.78, 5) is 3.05. The second kappa shape index (κ2) is 3.49. The lowest BCUT2D eigenvalue weighted by Gasteiger charge is -2.02. The van der Waals surface area contributed by atoms with Crippen molar-refractivity contribution in [1.82, 2.24) is 4.98 Å². The number of halogens is 5. The predicted molar refractivity (Wildman–Crippen MR) is 39.2 cm³/mol. The summed E-state index contributed by atoms with van der Waals surface area (Å²) in [6.45, 7) is 0. The third kappa shape index (κ3) is 1.81. The Bertz CT molecular complexity index is 303. The van der Waals surface area contributed by atoms with Crippen molar-refractivity contribution in [3.05, 3.63) is 27.8 Å². The van der Waals surface area contributed by atoms with Crippen LogP contribution in [0.1, 0.15) is 12.0 Å². The Balaban J connectivity index is 3.28. The number of hydrogen-bond acceptors (Lipinski definition) is 1. The Labute approximate surface area is 76.1 Å². The predicted octanol–water partition coefficient (Wildman–Crippen LogP) is 3.47. The molecular weight excluding hydrogens is 214 g/mol. The average Bonchev–Trinajstić information content (AvgIpc) is 1.96. The molecule has 1 nitrogen and oxygen atoms in total. The topological polar surface area (TPSA) is 12.9 Å². The van der Waals surface area contributed by atoms with Crippen LogP contribution in [0.25, 0.3) is 0 Å². The van der Waals surface area contributed by atoms with Gasteiger partial charge in [-0.25, -0.2) is 13.8 Å². The summed E-state index contributed by atoms with van der Waals surface area (Å²) in [5.41, 5.74) is -0.644. The number of alkyl halides is 2. The lowest BCUT2D eigenvalue weighted by atomic mass is 10.3. The fraction of sp³-hybridized carbons (Fsp3) is 0.167. The highest BCUT2D eigenvalue weighted by molar-refractivity contribution is 6.32. The molecule has 0 spiro atoms. The fourth-order valence-electron chi connectivity index (χ4n) is 0.645. The van der Waals surface area contributed by atoms with Crippen LogP contribution in [-0.2, 0) is 0 Å². The molecule has 66 valence electrons. The van der Waals surface area contributed by atoms with E-state index < -0.39 is 23.0 Å². The third-order valence-electron chi connectivity index (χ3n) is 1.15. The summed E-state index contributed by atoms with van der Waals surface area (Å²) in [7, 11) is 0. The van der Waals surface area contributed by atoms with Gasteiger partial charge in [0.25, 0.3) is 6.43 Å². The first-order chi connectivity index (χ1) is 5.52. The van der Waals surface area contributed by atoms with Gasteiger partial charge in [0.05, 0.1) is 0 Å². The molecule has 0 aliphatic rings. The van der Waals surface area contributed by atoms with Gasteiger partial charge >= 0.3 is 0 Å². The molecule has 6 heteroatoms. The molecule has 1 heterocycles. The van der Waals surface area contributed by atoms with E-state index in [-0.39, 0.29) is 5.15 Å². The molecule has 0 aliphatic heterocycles. The van der Waals surface area contributed by atoms with Crippen molar-refractivity contribution in [3.8, 4) is 0 Å². The van der Waals surface area contributed by atoms with Crippen LogP contribution in [0.5, 0.6) is 0 Å². The lowest BCUT2D eigenvalue weighted by Crippen LogP contribution is -1.93. The molecule has 0 radical (unpaired) electrons. The maximum atomic E-state index is 12.5. The van der Waals surface area contributed by atoms with E-state index in [4.69, 9.17) is 23.2 Å². The quantitative estimate of drug-likeness (QED) is 0.655. The van der Waals surface area contributed by atoms with E-state index in [0.717, 1.165) is 6.07 Å². The van der Waals surface area contributed by atoms with Crippen LogP contribution < -0.4 is 0 Å². The van der Waals surface area contributed by atoms with Crippen molar-refractivity contribution in [2.75, 3.05) is 0 Å². The van der Waals surface area contributed by atoms with E-state index in [2.05, 4.69) is 4.98 Å². The molecule has 0 N–H and O–H groups in total. The number of nitrogens with zero attached hydrogens (tertiary/aromatic N) is 1. The molecule has 12 heavy (non-hydrogen) atoms. The molecule has 1 rings (SSSR count). The molecule has 0 fully saturated rings. The van der Waals surface area contributed by atoms with Crippen molar-refractivity contribution in [2.45, 2.75) is 6.43 Å². The molecule has 0 bridgehead atoms. The van der Waals surface area contributed by atoms with Gasteiger partial charge in [-0.3, -0.25) is 0 Å². The Kier molecular flexibility index (Phi) is 2.80. The van der Waals surface area contributed by atoms with Crippen LogP contribution in [0.3, 0.4) is 0 Å². The maximum Gasteiger partial charge on any atom is 0.265 e. The van der Waals surface area contributed by atoms with Crippen LogP contribution in [0, 0.1) is 5.95 Å². The first-order valence-corrected chi connectivity index (χ1v) is 3.57. The van der Waals surface area contributed by atoms with Crippen LogP contribution in [0.15, 0.2) is 6.07 Å². The number of aromatic nitrogens is 1. The summed E-state index contributed by atoms with van der Waals surface area (Å²) >= 11 is 10.4. The standard InChI is InChI=1S/C6H2Cl2F3N/c7-3-1-2(5(9)10)4(8)6(11)12-3/h1,5H. The van der Waals surface area contributed by atoms with Crippen molar-refractivity contribution >= 4 is 23.2 Å². The van der Waals surface area contributed by atoms with Crippen molar-refractivity contribution < 1.29 is 13.2 Å². The monoisotopic (exact) mass is 215 g/mol. The van der Waals surface area contributed by atoms with Crippen molar-refractivity contribution in [1.29, 1.82) is 0 Å². The van der Waals surface area contributed by atoms with Gasteiger partial charge < -0.3 is 0 Å². The third-order valence-corrected chi connectivity index (χ3v) is 1.72. The summed E-state index contributed by atoms with van der Waals surface area (Å²) in [5, 5.41) is -1.03. The van der Waals surface area contributed by atoms with E-state index in [1.807, 2.05) is 0 Å². The van der Waals surface area contributed by atoms with Gasteiger partial charge in [-0.05, 0) is 6.07 Å². The molecule has 0 saturated carbocycles. The summed E-state index contributed by atoms with van der Waals surface area (Å²) in [6, 6.07) is 0.831. The van der Waals surface area contributed by atoms with Gasteiger partial charge in [-0.15, -0.1) is 0 Å². The molecule has 0 unspecified atom stereocenters. The largest absolute Gasteiger partial charge is 0.265 e. The van der Waals surface area contributed by atoms with E-state index in [0.29, 0.717) is 0 Å². The molecule has 0 aromatic carbocycles. The summed E-state index contributed by atoms with van der Waals surface area (Å²) in [6.07, 6.45) is -2.85. The SMILES string of the molecule is Fc1nc(Cl)cc(C(F)F)c1Cl.